The molecule has 2 N–H and O–H groups in total. The molecule has 2 rings (SSSR count). The van der Waals surface area contributed by atoms with E-state index in [2.05, 4.69) is 41.1 Å². The Hall–Kier alpha value is -1.05. The van der Waals surface area contributed by atoms with Crippen molar-refractivity contribution < 1.29 is 0 Å². The SMILES string of the molecule is CCCc1nc(CCN(C)C)sc1-c1nc(=S)[nH][nH]1. The van der Waals surface area contributed by atoms with E-state index in [4.69, 9.17) is 17.2 Å². The average Bonchev–Trinajstić information content (AvgIpc) is 2.93. The maximum Gasteiger partial charge on any atom is 0.213 e. The van der Waals surface area contributed by atoms with E-state index in [9.17, 15) is 0 Å². The van der Waals surface area contributed by atoms with Gasteiger partial charge in [-0.15, -0.1) is 11.3 Å². The molecule has 0 radical (unpaired) electrons. The predicted octanol–water partition coefficient (Wildman–Crippen LogP) is 2.65. The summed E-state index contributed by atoms with van der Waals surface area (Å²) < 4.78 is 0.487. The average molecular weight is 297 g/mol. The number of rotatable bonds is 6. The molecule has 0 unspecified atom stereocenters. The Labute approximate surface area is 122 Å². The van der Waals surface area contributed by atoms with E-state index in [0.29, 0.717) is 4.77 Å². The highest BCUT2D eigenvalue weighted by atomic mass is 32.1. The monoisotopic (exact) mass is 297 g/mol. The highest BCUT2D eigenvalue weighted by Crippen LogP contribution is 2.28. The summed E-state index contributed by atoms with van der Waals surface area (Å²) in [6.07, 6.45) is 3.02. The van der Waals surface area contributed by atoms with E-state index in [1.54, 1.807) is 11.3 Å². The summed E-state index contributed by atoms with van der Waals surface area (Å²) >= 11 is 6.72. The van der Waals surface area contributed by atoms with E-state index in [0.717, 1.165) is 47.2 Å². The van der Waals surface area contributed by atoms with Crippen LogP contribution in [0.1, 0.15) is 24.0 Å². The van der Waals surface area contributed by atoms with Gasteiger partial charge < -0.3 is 4.90 Å². The maximum atomic E-state index is 5.01. The van der Waals surface area contributed by atoms with Gasteiger partial charge in [0.2, 0.25) is 4.77 Å². The van der Waals surface area contributed by atoms with Gasteiger partial charge in [0.1, 0.15) is 0 Å². The fourth-order valence-corrected chi connectivity index (χ4v) is 2.98. The quantitative estimate of drug-likeness (QED) is 0.805. The lowest BCUT2D eigenvalue weighted by molar-refractivity contribution is 0.413. The standard InChI is InChI=1S/C12H19N5S2/c1-4-5-8-10(11-14-12(18)16-15-11)19-9(13-8)6-7-17(2)3/h4-7H2,1-3H3,(H2,14,15,16,18). The fourth-order valence-electron chi connectivity index (χ4n) is 1.80. The molecule has 0 spiro atoms. The Morgan fingerprint density at radius 2 is 2.00 bits per heavy atom. The van der Waals surface area contributed by atoms with Gasteiger partial charge >= 0.3 is 0 Å². The van der Waals surface area contributed by atoms with Crippen molar-refractivity contribution >= 4 is 23.6 Å². The summed E-state index contributed by atoms with van der Waals surface area (Å²) in [5.41, 5.74) is 1.12. The molecule has 19 heavy (non-hydrogen) atoms. The Morgan fingerprint density at radius 1 is 1.21 bits per heavy atom. The van der Waals surface area contributed by atoms with Crippen LogP contribution in [0.2, 0.25) is 0 Å². The van der Waals surface area contributed by atoms with Crippen molar-refractivity contribution in [2.75, 3.05) is 20.6 Å². The summed E-state index contributed by atoms with van der Waals surface area (Å²) in [4.78, 5) is 12.3. The van der Waals surface area contributed by atoms with Gasteiger partial charge in [-0.25, -0.2) is 4.98 Å². The van der Waals surface area contributed by atoms with Crippen LogP contribution in [-0.2, 0) is 12.8 Å². The van der Waals surface area contributed by atoms with Gasteiger partial charge in [-0.05, 0) is 32.7 Å². The van der Waals surface area contributed by atoms with Crippen LogP contribution in [0.4, 0.5) is 0 Å². The van der Waals surface area contributed by atoms with E-state index in [-0.39, 0.29) is 0 Å². The molecule has 2 heterocycles. The van der Waals surface area contributed by atoms with Crippen molar-refractivity contribution in [3.63, 3.8) is 0 Å². The van der Waals surface area contributed by atoms with Crippen molar-refractivity contribution in [3.8, 4) is 10.7 Å². The normalized spacial score (nSPS) is 11.4. The van der Waals surface area contributed by atoms with Gasteiger partial charge in [-0.2, -0.15) is 4.98 Å². The number of H-pyrrole nitrogens is 2. The number of hydrogen-bond acceptors (Lipinski definition) is 5. The number of thiazole rings is 1. The zero-order chi connectivity index (χ0) is 13.8. The number of aromatic amines is 2. The Balaban J connectivity index is 2.27. The van der Waals surface area contributed by atoms with E-state index < -0.39 is 0 Å². The van der Waals surface area contributed by atoms with Crippen molar-refractivity contribution in [2.24, 2.45) is 0 Å². The molecule has 0 fully saturated rings. The summed E-state index contributed by atoms with van der Waals surface area (Å²) in [6.45, 7) is 3.17. The molecule has 0 aliphatic rings. The first kappa shape index (κ1) is 14.4. The van der Waals surface area contributed by atoms with Crippen LogP contribution in [-0.4, -0.2) is 45.7 Å². The molecule has 2 aromatic heterocycles. The Bertz CT molecular complexity index is 581. The van der Waals surface area contributed by atoms with E-state index in [1.165, 1.54) is 0 Å². The van der Waals surface area contributed by atoms with Crippen molar-refractivity contribution in [1.29, 1.82) is 0 Å². The first-order chi connectivity index (χ1) is 9.10. The smallest absolute Gasteiger partial charge is 0.213 e. The van der Waals surface area contributed by atoms with Crippen LogP contribution in [0.5, 0.6) is 0 Å². The van der Waals surface area contributed by atoms with Crippen LogP contribution in [0, 0.1) is 4.77 Å². The number of aryl methyl sites for hydroxylation is 1. The molecule has 0 aliphatic carbocycles. The third kappa shape index (κ3) is 3.71. The summed E-state index contributed by atoms with van der Waals surface area (Å²) in [6, 6.07) is 0. The van der Waals surface area contributed by atoms with Gasteiger partial charge in [0.05, 0.1) is 15.6 Å². The van der Waals surface area contributed by atoms with Gasteiger partial charge in [0.15, 0.2) is 5.82 Å². The van der Waals surface area contributed by atoms with Crippen molar-refractivity contribution in [1.82, 2.24) is 25.1 Å². The van der Waals surface area contributed by atoms with Crippen molar-refractivity contribution in [3.05, 3.63) is 15.5 Å². The van der Waals surface area contributed by atoms with Crippen LogP contribution in [0.25, 0.3) is 10.7 Å². The molecule has 7 heteroatoms. The minimum Gasteiger partial charge on any atom is -0.309 e. The van der Waals surface area contributed by atoms with Gasteiger partial charge in [0, 0.05) is 13.0 Å². The van der Waals surface area contributed by atoms with Crippen LogP contribution >= 0.6 is 23.6 Å². The molecule has 0 aromatic carbocycles. The highest BCUT2D eigenvalue weighted by Gasteiger charge is 2.14. The number of likely N-dealkylation sites (N-methyl/N-ethyl adjacent to an activating group) is 1. The molecular formula is C12H19N5S2. The molecule has 5 nitrogen and oxygen atoms in total. The number of hydrogen-bond donors (Lipinski definition) is 2. The zero-order valence-corrected chi connectivity index (χ0v) is 13.1. The number of nitrogens with one attached hydrogen (secondary N) is 2. The first-order valence-corrected chi connectivity index (χ1v) is 7.61. The van der Waals surface area contributed by atoms with E-state index >= 15 is 0 Å². The number of nitrogens with zero attached hydrogens (tertiary/aromatic N) is 3. The molecular weight excluding hydrogens is 278 g/mol. The zero-order valence-electron chi connectivity index (χ0n) is 11.5. The van der Waals surface area contributed by atoms with Gasteiger partial charge in [-0.1, -0.05) is 13.3 Å². The summed E-state index contributed by atoms with van der Waals surface area (Å²) in [7, 11) is 4.15. The molecule has 0 bridgehead atoms. The van der Waals surface area contributed by atoms with Crippen molar-refractivity contribution in [2.45, 2.75) is 26.2 Å². The highest BCUT2D eigenvalue weighted by molar-refractivity contribution is 7.71. The summed E-state index contributed by atoms with van der Waals surface area (Å²) in [5, 5.41) is 7.03. The molecule has 0 atom stereocenters. The molecule has 2 aromatic rings. The van der Waals surface area contributed by atoms with E-state index in [1.807, 2.05) is 0 Å². The van der Waals surface area contributed by atoms with Crippen LogP contribution in [0.15, 0.2) is 0 Å². The van der Waals surface area contributed by atoms with Crippen LogP contribution < -0.4 is 0 Å². The minimum absolute atomic E-state index is 0.487. The second-order valence-electron chi connectivity index (χ2n) is 4.70. The van der Waals surface area contributed by atoms with Crippen LogP contribution in [0.3, 0.4) is 0 Å². The minimum atomic E-state index is 0.487. The Kier molecular flexibility index (Phi) is 4.84. The fraction of sp³-hybridized carbons (Fsp3) is 0.583. The molecule has 0 amide bonds. The molecule has 104 valence electrons. The third-order valence-electron chi connectivity index (χ3n) is 2.72. The Morgan fingerprint density at radius 3 is 2.58 bits per heavy atom. The maximum absolute atomic E-state index is 5.01. The first-order valence-electron chi connectivity index (χ1n) is 6.38. The lowest BCUT2D eigenvalue weighted by Crippen LogP contribution is -2.14. The van der Waals surface area contributed by atoms with Gasteiger partial charge in [-0.3, -0.25) is 10.2 Å². The molecule has 0 aliphatic heterocycles. The third-order valence-corrected chi connectivity index (χ3v) is 4.08. The summed E-state index contributed by atoms with van der Waals surface area (Å²) in [5.74, 6) is 0.807. The lowest BCUT2D eigenvalue weighted by atomic mass is 10.2. The lowest BCUT2D eigenvalue weighted by Gasteiger charge is -2.06. The second kappa shape index (κ2) is 6.40. The second-order valence-corrected chi connectivity index (χ2v) is 6.17. The van der Waals surface area contributed by atoms with Gasteiger partial charge in [0.25, 0.3) is 0 Å². The number of aromatic nitrogens is 4. The topological polar surface area (TPSA) is 60.6 Å². The predicted molar refractivity (Wildman–Crippen MR) is 81.1 cm³/mol. The molecule has 0 saturated carbocycles. The molecule has 0 saturated heterocycles. The largest absolute Gasteiger partial charge is 0.309 e.